The molecule has 312 valence electrons. The molecule has 0 nitrogen and oxygen atoms in total. The molecule has 0 N–H and O–H groups in total. The highest BCUT2D eigenvalue weighted by Crippen LogP contribution is 2.49. The standard InChI is InChI=1S/C27H24.C26H26.C7H8.C2H6/c1-19-8-10-22(11-9-19)23-12-14-24(15-13-23)25-16-17-27(21(3)18-25)26-7-5-4-6-20(26)2;1-4-5-6-7-10-20(17-19-13-14-19)21-15-16-25-23(18-21)22-11-8-9-12-24(22)26(25,2)3;1-7-5-3-2-4-6-7;1-2/h4-18H,1-3H3;4-16,18-19H,17H2,1-3H3;2-6H,1H3;1-2H3/b;5-4+,7-6-,20-10-;;. The van der Waals surface area contributed by atoms with Gasteiger partial charge in [0.05, 0.1) is 0 Å². The van der Waals surface area contributed by atoms with E-state index in [0.717, 1.165) is 6.42 Å². The molecule has 0 heteroatoms. The van der Waals surface area contributed by atoms with E-state index in [1.807, 2.05) is 39.0 Å². The lowest BCUT2D eigenvalue weighted by Gasteiger charge is -2.21. The zero-order chi connectivity index (χ0) is 44.1. The Balaban J connectivity index is 0.000000173. The van der Waals surface area contributed by atoms with Gasteiger partial charge in [0.15, 0.2) is 0 Å². The van der Waals surface area contributed by atoms with E-state index in [2.05, 4.69) is 230 Å². The first-order chi connectivity index (χ1) is 30.1. The third-order valence-electron chi connectivity index (χ3n) is 11.8. The second kappa shape index (κ2) is 21.3. The molecule has 9 rings (SSSR count). The molecule has 0 saturated carbocycles. The van der Waals surface area contributed by atoms with Crippen LogP contribution in [-0.4, -0.2) is 0 Å². The third-order valence-corrected chi connectivity index (χ3v) is 11.8. The van der Waals surface area contributed by atoms with Gasteiger partial charge in [-0.1, -0.05) is 239 Å². The molecule has 62 heavy (non-hydrogen) atoms. The van der Waals surface area contributed by atoms with Crippen LogP contribution in [-0.2, 0) is 5.41 Å². The number of allylic oxidation sites excluding steroid dienone is 8. The predicted molar refractivity (Wildman–Crippen MR) is 273 cm³/mol. The minimum absolute atomic E-state index is 0.0816. The van der Waals surface area contributed by atoms with Gasteiger partial charge >= 0.3 is 0 Å². The number of hydrogen-bond acceptors (Lipinski definition) is 0. The van der Waals surface area contributed by atoms with Gasteiger partial charge in [-0.25, -0.2) is 0 Å². The molecule has 0 radical (unpaired) electrons. The van der Waals surface area contributed by atoms with Crippen molar-refractivity contribution in [3.05, 3.63) is 245 Å². The summed E-state index contributed by atoms with van der Waals surface area (Å²) in [6, 6.07) is 59.1. The van der Waals surface area contributed by atoms with Crippen molar-refractivity contribution in [2.45, 2.75) is 74.1 Å². The van der Waals surface area contributed by atoms with Crippen molar-refractivity contribution in [2.24, 2.45) is 5.92 Å². The fraction of sp³-hybridized carbons (Fsp3) is 0.194. The zero-order valence-electron chi connectivity index (χ0n) is 38.4. The molecule has 0 fully saturated rings. The van der Waals surface area contributed by atoms with Crippen molar-refractivity contribution in [3.63, 3.8) is 0 Å². The summed E-state index contributed by atoms with van der Waals surface area (Å²) >= 11 is 0. The third kappa shape index (κ3) is 11.2. The molecule has 0 heterocycles. The molecule has 2 aliphatic rings. The fourth-order valence-electron chi connectivity index (χ4n) is 8.17. The number of fused-ring (bicyclic) bond motifs is 3. The number of aryl methyl sites for hydroxylation is 4. The lowest BCUT2D eigenvalue weighted by atomic mass is 9.82. The largest absolute Gasteiger partial charge is 0.0877 e. The Morgan fingerprint density at radius 1 is 0.468 bits per heavy atom. The molecule has 0 spiro atoms. The van der Waals surface area contributed by atoms with Crippen molar-refractivity contribution < 1.29 is 0 Å². The topological polar surface area (TPSA) is 0 Å². The SMILES string of the molecule is C/C=C/C=C\C=C(\CC1C=C1)c1ccc2c(c1)-c1ccccc1C2(C)C.CC.Cc1ccc(-c2ccc(-c3ccc(-c4ccccc4C)c(C)c3)cc2)cc1.Cc1ccccc1. The molecule has 0 aliphatic heterocycles. The summed E-state index contributed by atoms with van der Waals surface area (Å²) in [7, 11) is 0. The van der Waals surface area contributed by atoms with E-state index in [0.29, 0.717) is 5.92 Å². The van der Waals surface area contributed by atoms with Gasteiger partial charge in [0, 0.05) is 5.41 Å². The molecular weight excluding hydrogens is 745 g/mol. The molecule has 0 amide bonds. The lowest BCUT2D eigenvalue weighted by molar-refractivity contribution is 0.660. The Kier molecular flexibility index (Phi) is 15.5. The zero-order valence-corrected chi connectivity index (χ0v) is 38.4. The minimum atomic E-state index is 0.0816. The maximum atomic E-state index is 2.40. The van der Waals surface area contributed by atoms with E-state index in [4.69, 9.17) is 0 Å². The van der Waals surface area contributed by atoms with Crippen LogP contribution < -0.4 is 0 Å². The van der Waals surface area contributed by atoms with Crippen molar-refractivity contribution in [1.82, 2.24) is 0 Å². The van der Waals surface area contributed by atoms with E-state index in [1.165, 1.54) is 89.0 Å². The molecule has 0 saturated heterocycles. The first-order valence-electron chi connectivity index (χ1n) is 22.4. The Labute approximate surface area is 373 Å². The molecular formula is C62H64. The number of rotatable bonds is 8. The van der Waals surface area contributed by atoms with Crippen LogP contribution in [0.5, 0.6) is 0 Å². The van der Waals surface area contributed by atoms with Gasteiger partial charge < -0.3 is 0 Å². The second-order valence-electron chi connectivity index (χ2n) is 16.7. The highest BCUT2D eigenvalue weighted by Gasteiger charge is 2.35. The van der Waals surface area contributed by atoms with Gasteiger partial charge in [-0.3, -0.25) is 0 Å². The fourth-order valence-corrected chi connectivity index (χ4v) is 8.17. The highest BCUT2D eigenvalue weighted by atomic mass is 14.4. The van der Waals surface area contributed by atoms with Crippen molar-refractivity contribution >= 4 is 5.57 Å². The minimum Gasteiger partial charge on any atom is -0.0877 e. The lowest BCUT2D eigenvalue weighted by Crippen LogP contribution is -2.14. The van der Waals surface area contributed by atoms with Gasteiger partial charge in [0.25, 0.3) is 0 Å². The Bertz CT molecular complexity index is 2650. The average molecular weight is 809 g/mol. The molecule has 7 aromatic carbocycles. The quantitative estimate of drug-likeness (QED) is 0.106. The summed E-state index contributed by atoms with van der Waals surface area (Å²) in [6.07, 6.45) is 16.3. The Hall–Kier alpha value is -6.50. The molecule has 0 bridgehead atoms. The van der Waals surface area contributed by atoms with Gasteiger partial charge in [0.1, 0.15) is 0 Å². The van der Waals surface area contributed by atoms with E-state index in [1.54, 1.807) is 0 Å². The van der Waals surface area contributed by atoms with Gasteiger partial charge in [-0.05, 0) is 131 Å². The van der Waals surface area contributed by atoms with Crippen molar-refractivity contribution in [3.8, 4) is 44.5 Å². The number of benzene rings is 7. The van der Waals surface area contributed by atoms with E-state index in [-0.39, 0.29) is 5.41 Å². The van der Waals surface area contributed by atoms with Crippen LogP contribution in [0.2, 0.25) is 0 Å². The van der Waals surface area contributed by atoms with Crippen LogP contribution in [0.15, 0.2) is 206 Å². The monoisotopic (exact) mass is 809 g/mol. The average Bonchev–Trinajstić information content (AvgIpc) is 4.10. The first-order valence-corrected chi connectivity index (χ1v) is 22.4. The van der Waals surface area contributed by atoms with Gasteiger partial charge in [-0.2, -0.15) is 0 Å². The molecule has 0 unspecified atom stereocenters. The van der Waals surface area contributed by atoms with E-state index in [9.17, 15) is 0 Å². The molecule has 0 aromatic heterocycles. The summed E-state index contributed by atoms with van der Waals surface area (Å²) in [5.74, 6) is 0.633. The van der Waals surface area contributed by atoms with Crippen LogP contribution in [0.1, 0.15) is 80.0 Å². The summed E-state index contributed by atoms with van der Waals surface area (Å²) in [5, 5.41) is 0. The summed E-state index contributed by atoms with van der Waals surface area (Å²) < 4.78 is 0. The molecule has 7 aromatic rings. The normalized spacial score (nSPS) is 13.3. The van der Waals surface area contributed by atoms with Crippen molar-refractivity contribution in [1.29, 1.82) is 0 Å². The smallest absolute Gasteiger partial charge is 0.0158 e. The van der Waals surface area contributed by atoms with E-state index >= 15 is 0 Å². The maximum Gasteiger partial charge on any atom is 0.0158 e. The predicted octanol–water partition coefficient (Wildman–Crippen LogP) is 17.7. The van der Waals surface area contributed by atoms with Gasteiger partial charge in [-0.15, -0.1) is 0 Å². The van der Waals surface area contributed by atoms with Crippen LogP contribution in [0.3, 0.4) is 0 Å². The maximum absolute atomic E-state index is 2.40. The summed E-state index contributed by atoms with van der Waals surface area (Å²) in [4.78, 5) is 0. The summed E-state index contributed by atoms with van der Waals surface area (Å²) in [5.41, 5.74) is 21.4. The van der Waals surface area contributed by atoms with Crippen LogP contribution in [0.25, 0.3) is 50.1 Å². The van der Waals surface area contributed by atoms with Crippen LogP contribution >= 0.6 is 0 Å². The van der Waals surface area contributed by atoms with Crippen LogP contribution in [0, 0.1) is 33.6 Å². The van der Waals surface area contributed by atoms with Gasteiger partial charge in [0.2, 0.25) is 0 Å². The van der Waals surface area contributed by atoms with Crippen LogP contribution in [0.4, 0.5) is 0 Å². The Morgan fingerprint density at radius 2 is 1.00 bits per heavy atom. The second-order valence-corrected chi connectivity index (χ2v) is 16.7. The Morgan fingerprint density at radius 3 is 1.60 bits per heavy atom. The van der Waals surface area contributed by atoms with E-state index < -0.39 is 0 Å². The first kappa shape index (κ1) is 45.0. The van der Waals surface area contributed by atoms with Crippen molar-refractivity contribution in [2.75, 3.05) is 0 Å². The summed E-state index contributed by atoms with van der Waals surface area (Å²) in [6.45, 7) is 19.3. The molecule has 0 atom stereocenters. The number of hydrogen-bond donors (Lipinski definition) is 0. The molecule has 2 aliphatic carbocycles. The highest BCUT2D eigenvalue weighted by molar-refractivity contribution is 5.84.